The molecule has 0 fully saturated rings. The van der Waals surface area contributed by atoms with Crippen molar-refractivity contribution in [3.63, 3.8) is 0 Å². The van der Waals surface area contributed by atoms with Gasteiger partial charge in [-0.3, -0.25) is 0 Å². The Kier molecular flexibility index (Phi) is 5.99. The zero-order valence-corrected chi connectivity index (χ0v) is 19.0. The monoisotopic (exact) mass is 397 g/mol. The fourth-order valence-corrected chi connectivity index (χ4v) is 4.71. The topological polar surface area (TPSA) is 3.24 Å². The highest BCUT2D eigenvalue weighted by molar-refractivity contribution is 5.72. The number of hydrogen-bond acceptors (Lipinski definition) is 1. The van der Waals surface area contributed by atoms with Crippen molar-refractivity contribution < 1.29 is 0 Å². The molecule has 0 saturated carbocycles. The van der Waals surface area contributed by atoms with Gasteiger partial charge in [0, 0.05) is 18.4 Å². The Morgan fingerprint density at radius 1 is 0.900 bits per heavy atom. The van der Waals surface area contributed by atoms with Crippen molar-refractivity contribution in [2.45, 2.75) is 52.9 Å². The summed E-state index contributed by atoms with van der Waals surface area (Å²) in [6.45, 7) is 7.05. The van der Waals surface area contributed by atoms with Crippen LogP contribution in [-0.4, -0.2) is 11.9 Å². The van der Waals surface area contributed by atoms with Gasteiger partial charge < -0.3 is 4.90 Å². The zero-order chi connectivity index (χ0) is 21.1. The summed E-state index contributed by atoms with van der Waals surface area (Å²) < 4.78 is 0. The van der Waals surface area contributed by atoms with Gasteiger partial charge in [0.25, 0.3) is 0 Å². The van der Waals surface area contributed by atoms with Gasteiger partial charge in [-0.05, 0) is 77.9 Å². The van der Waals surface area contributed by atoms with Crippen molar-refractivity contribution in [1.29, 1.82) is 0 Å². The molecule has 0 aliphatic heterocycles. The lowest BCUT2D eigenvalue weighted by Gasteiger charge is -2.36. The zero-order valence-electron chi connectivity index (χ0n) is 19.0. The predicted molar refractivity (Wildman–Crippen MR) is 130 cm³/mol. The molecular formula is C29H35N. The first-order valence-corrected chi connectivity index (χ1v) is 11.4. The molecule has 30 heavy (non-hydrogen) atoms. The van der Waals surface area contributed by atoms with Crippen molar-refractivity contribution >= 4 is 5.57 Å². The Balaban J connectivity index is 1.65. The van der Waals surface area contributed by atoms with Crippen LogP contribution in [0.5, 0.6) is 0 Å². The van der Waals surface area contributed by atoms with Gasteiger partial charge in [-0.25, -0.2) is 0 Å². The molecule has 3 aliphatic carbocycles. The highest BCUT2D eigenvalue weighted by Crippen LogP contribution is 2.42. The van der Waals surface area contributed by atoms with Crippen LogP contribution < -0.4 is 0 Å². The Hall–Kier alpha value is -2.54. The molecule has 1 atom stereocenters. The minimum atomic E-state index is 0.268. The summed E-state index contributed by atoms with van der Waals surface area (Å²) in [5.74, 6) is 0.558. The van der Waals surface area contributed by atoms with Crippen molar-refractivity contribution in [2.75, 3.05) is 7.05 Å². The molecule has 0 aromatic heterocycles. The van der Waals surface area contributed by atoms with E-state index in [1.165, 1.54) is 46.5 Å². The molecule has 0 saturated heterocycles. The second-order valence-electron chi connectivity index (χ2n) is 9.83. The van der Waals surface area contributed by atoms with Crippen molar-refractivity contribution in [3.05, 3.63) is 101 Å². The van der Waals surface area contributed by atoms with Crippen LogP contribution in [0.2, 0.25) is 0 Å². The summed E-state index contributed by atoms with van der Waals surface area (Å²) in [4.78, 5) is 2.43. The maximum Gasteiger partial charge on any atom is 0.0441 e. The molecule has 1 nitrogen and oxygen atoms in total. The van der Waals surface area contributed by atoms with Gasteiger partial charge >= 0.3 is 0 Å². The molecule has 1 unspecified atom stereocenters. The average molecular weight is 398 g/mol. The summed E-state index contributed by atoms with van der Waals surface area (Å²) in [6, 6.07) is 11.0. The van der Waals surface area contributed by atoms with Gasteiger partial charge in [0.2, 0.25) is 0 Å². The van der Waals surface area contributed by atoms with E-state index in [0.29, 0.717) is 5.92 Å². The van der Waals surface area contributed by atoms with E-state index in [-0.39, 0.29) is 5.41 Å². The largest absolute Gasteiger partial charge is 0.348 e. The molecule has 4 rings (SSSR count). The molecule has 1 aromatic rings. The average Bonchev–Trinajstić information content (AvgIpc) is 2.79. The molecule has 1 heteroatoms. The minimum Gasteiger partial charge on any atom is -0.348 e. The highest BCUT2D eigenvalue weighted by Gasteiger charge is 2.29. The van der Waals surface area contributed by atoms with Crippen molar-refractivity contribution in [1.82, 2.24) is 4.90 Å². The first-order valence-electron chi connectivity index (χ1n) is 11.4. The molecule has 0 heterocycles. The summed E-state index contributed by atoms with van der Waals surface area (Å²) >= 11 is 0. The second-order valence-corrected chi connectivity index (χ2v) is 9.83. The molecule has 0 radical (unpaired) electrons. The maximum absolute atomic E-state index is 2.43. The number of nitrogens with zero attached hydrogens (tertiary/aromatic N) is 1. The normalized spacial score (nSPS) is 21.9. The number of benzene rings is 1. The van der Waals surface area contributed by atoms with Crippen LogP contribution in [0.3, 0.4) is 0 Å². The fourth-order valence-electron chi connectivity index (χ4n) is 4.71. The van der Waals surface area contributed by atoms with Gasteiger partial charge in [0.15, 0.2) is 0 Å². The molecule has 3 aliphatic rings. The van der Waals surface area contributed by atoms with E-state index in [1.54, 1.807) is 0 Å². The van der Waals surface area contributed by atoms with E-state index in [2.05, 4.69) is 106 Å². The lowest BCUT2D eigenvalue weighted by atomic mass is 9.73. The Morgan fingerprint density at radius 3 is 2.30 bits per heavy atom. The number of rotatable bonds is 4. The minimum absolute atomic E-state index is 0.268. The Bertz CT molecular complexity index is 957. The molecule has 0 amide bonds. The molecular weight excluding hydrogens is 362 g/mol. The number of likely N-dealkylation sites (N-methyl/N-ethyl adjacent to an activating group) is 1. The summed E-state index contributed by atoms with van der Waals surface area (Å²) in [7, 11) is 2.24. The van der Waals surface area contributed by atoms with E-state index < -0.39 is 0 Å². The predicted octanol–water partition coefficient (Wildman–Crippen LogP) is 7.83. The molecule has 1 aromatic carbocycles. The third-order valence-corrected chi connectivity index (χ3v) is 6.80. The van der Waals surface area contributed by atoms with E-state index in [1.807, 2.05) is 0 Å². The SMILES string of the molecule is CN(C1=CC=C(C2=CC=CCC2)CC1)C1=C(c2ccccc2)CC(C(C)(C)C)C=C1. The van der Waals surface area contributed by atoms with Crippen LogP contribution in [0.1, 0.15) is 58.4 Å². The quantitative estimate of drug-likeness (QED) is 0.500. The maximum atomic E-state index is 2.43. The lowest BCUT2D eigenvalue weighted by Crippen LogP contribution is -2.25. The van der Waals surface area contributed by atoms with E-state index in [0.717, 1.165) is 19.3 Å². The first-order chi connectivity index (χ1) is 14.4. The first kappa shape index (κ1) is 20.7. The standard InChI is InChI=1S/C29H35N/c1-29(2,3)25-17-20-28(27(21-25)24-13-9-6-10-14-24)30(4)26-18-15-23(16-19-26)22-11-7-5-8-12-22/h5-7,9-11,13-15,17-18,20,25H,8,12,16,19,21H2,1-4H3. The van der Waals surface area contributed by atoms with Gasteiger partial charge in [-0.2, -0.15) is 0 Å². The Labute approximate surface area is 182 Å². The lowest BCUT2D eigenvalue weighted by molar-refractivity contribution is 0.294. The van der Waals surface area contributed by atoms with Crippen LogP contribution in [-0.2, 0) is 0 Å². The summed E-state index contributed by atoms with van der Waals surface area (Å²) in [5.41, 5.74) is 8.88. The van der Waals surface area contributed by atoms with Crippen LogP contribution in [0.15, 0.2) is 95.4 Å². The molecule has 156 valence electrons. The van der Waals surface area contributed by atoms with E-state index >= 15 is 0 Å². The van der Waals surface area contributed by atoms with Gasteiger partial charge in [0.1, 0.15) is 0 Å². The summed E-state index contributed by atoms with van der Waals surface area (Å²) in [6.07, 6.45) is 22.0. The molecule has 0 N–H and O–H groups in total. The molecule has 0 spiro atoms. The van der Waals surface area contributed by atoms with Crippen molar-refractivity contribution in [3.8, 4) is 0 Å². The van der Waals surface area contributed by atoms with Crippen LogP contribution in [0.4, 0.5) is 0 Å². The van der Waals surface area contributed by atoms with Crippen molar-refractivity contribution in [2.24, 2.45) is 11.3 Å². The van der Waals surface area contributed by atoms with Crippen LogP contribution in [0.25, 0.3) is 5.57 Å². The van der Waals surface area contributed by atoms with Gasteiger partial charge in [-0.1, -0.05) is 81.5 Å². The van der Waals surface area contributed by atoms with Crippen LogP contribution in [0, 0.1) is 11.3 Å². The van der Waals surface area contributed by atoms with Gasteiger partial charge in [-0.15, -0.1) is 0 Å². The van der Waals surface area contributed by atoms with Gasteiger partial charge in [0.05, 0.1) is 0 Å². The smallest absolute Gasteiger partial charge is 0.0441 e. The van der Waals surface area contributed by atoms with E-state index in [4.69, 9.17) is 0 Å². The number of allylic oxidation sites excluding steroid dienone is 11. The molecule has 0 bridgehead atoms. The Morgan fingerprint density at radius 2 is 1.67 bits per heavy atom. The third kappa shape index (κ3) is 4.46. The van der Waals surface area contributed by atoms with Crippen LogP contribution >= 0.6 is 0 Å². The highest BCUT2D eigenvalue weighted by atomic mass is 15.1. The summed E-state index contributed by atoms with van der Waals surface area (Å²) in [5, 5.41) is 0. The fraction of sp³-hybridized carbons (Fsp3) is 0.379. The van der Waals surface area contributed by atoms with E-state index in [9.17, 15) is 0 Å². The second kappa shape index (κ2) is 8.68. The third-order valence-electron chi connectivity index (χ3n) is 6.80. The number of hydrogen-bond donors (Lipinski definition) is 0.